The first kappa shape index (κ1) is 15.2. The monoisotopic (exact) mass is 251 g/mol. The van der Waals surface area contributed by atoms with E-state index in [2.05, 4.69) is 30.9 Å². The van der Waals surface area contributed by atoms with Gasteiger partial charge in [0.15, 0.2) is 0 Å². The fourth-order valence-corrected chi connectivity index (χ4v) is 2.16. The number of likely N-dealkylation sites (N-methyl/N-ethyl adjacent to an activating group) is 1. The summed E-state index contributed by atoms with van der Waals surface area (Å²) in [6.07, 6.45) is 0.574. The number of benzene rings is 1. The molecule has 3 nitrogen and oxygen atoms in total. The van der Waals surface area contributed by atoms with Crippen LogP contribution in [0.25, 0.3) is 0 Å². The Labute approximate surface area is 110 Å². The lowest BCUT2D eigenvalue weighted by molar-refractivity contribution is 0.117. The second-order valence-corrected chi connectivity index (χ2v) is 4.98. The molecule has 0 radical (unpaired) electrons. The van der Waals surface area contributed by atoms with Crippen LogP contribution in [0.15, 0.2) is 18.2 Å². The van der Waals surface area contributed by atoms with E-state index < -0.39 is 6.10 Å². The van der Waals surface area contributed by atoms with Crippen LogP contribution >= 0.6 is 0 Å². The first-order valence-electron chi connectivity index (χ1n) is 6.47. The average molecular weight is 251 g/mol. The number of aliphatic hydroxyl groups excluding tert-OH is 1. The maximum atomic E-state index is 10.2. The molecule has 1 unspecified atom stereocenters. The topological polar surface area (TPSA) is 32.7 Å². The van der Waals surface area contributed by atoms with Gasteiger partial charge in [-0.1, -0.05) is 23.8 Å². The minimum Gasteiger partial charge on any atom is -0.387 e. The summed E-state index contributed by atoms with van der Waals surface area (Å²) >= 11 is 0. The van der Waals surface area contributed by atoms with Crippen LogP contribution in [-0.4, -0.2) is 43.9 Å². The average Bonchev–Trinajstić information content (AvgIpc) is 2.28. The van der Waals surface area contributed by atoms with E-state index in [1.54, 1.807) is 7.11 Å². The van der Waals surface area contributed by atoms with Crippen molar-refractivity contribution in [3.05, 3.63) is 34.9 Å². The van der Waals surface area contributed by atoms with Crippen LogP contribution in [-0.2, 0) is 4.74 Å². The molecule has 0 saturated heterocycles. The van der Waals surface area contributed by atoms with Gasteiger partial charge in [0.25, 0.3) is 0 Å². The van der Waals surface area contributed by atoms with Crippen LogP contribution in [0.2, 0.25) is 0 Å². The Hall–Kier alpha value is -0.900. The van der Waals surface area contributed by atoms with Crippen molar-refractivity contribution in [1.82, 2.24) is 4.90 Å². The lowest BCUT2D eigenvalue weighted by Crippen LogP contribution is -2.26. The van der Waals surface area contributed by atoms with Crippen LogP contribution in [0.5, 0.6) is 0 Å². The molecule has 0 aliphatic heterocycles. The highest BCUT2D eigenvalue weighted by Gasteiger charge is 2.12. The zero-order valence-corrected chi connectivity index (χ0v) is 11.9. The van der Waals surface area contributed by atoms with Gasteiger partial charge in [0.1, 0.15) is 0 Å². The summed E-state index contributed by atoms with van der Waals surface area (Å²) in [7, 11) is 3.74. The first-order chi connectivity index (χ1) is 8.54. The van der Waals surface area contributed by atoms with E-state index in [-0.39, 0.29) is 0 Å². The molecule has 0 heterocycles. The molecule has 0 saturated carbocycles. The van der Waals surface area contributed by atoms with Crippen LogP contribution in [0.4, 0.5) is 0 Å². The lowest BCUT2D eigenvalue weighted by atomic mass is 10.0. The third-order valence-corrected chi connectivity index (χ3v) is 3.16. The number of aryl methyl sites for hydroxylation is 2. The quantitative estimate of drug-likeness (QED) is 0.755. The summed E-state index contributed by atoms with van der Waals surface area (Å²) in [6.45, 7) is 6.49. The molecule has 18 heavy (non-hydrogen) atoms. The zero-order valence-electron chi connectivity index (χ0n) is 11.9. The Morgan fingerprint density at radius 1 is 1.33 bits per heavy atom. The minimum absolute atomic E-state index is 0.418. The highest BCUT2D eigenvalue weighted by molar-refractivity contribution is 5.32. The lowest BCUT2D eigenvalue weighted by Gasteiger charge is -2.22. The SMILES string of the molecule is COCCCN(C)CC(O)c1ccc(C)cc1C. The van der Waals surface area contributed by atoms with Crippen molar-refractivity contribution in [3.8, 4) is 0 Å². The van der Waals surface area contributed by atoms with E-state index in [0.717, 1.165) is 30.7 Å². The first-order valence-corrected chi connectivity index (χ1v) is 6.47. The summed E-state index contributed by atoms with van der Waals surface area (Å²) in [6, 6.07) is 6.19. The predicted molar refractivity (Wildman–Crippen MR) is 74.9 cm³/mol. The van der Waals surface area contributed by atoms with Gasteiger partial charge in [-0.05, 0) is 38.4 Å². The third-order valence-electron chi connectivity index (χ3n) is 3.16. The Morgan fingerprint density at radius 3 is 2.67 bits per heavy atom. The van der Waals surface area contributed by atoms with E-state index in [9.17, 15) is 5.11 Å². The second kappa shape index (κ2) is 7.52. The molecule has 0 amide bonds. The van der Waals surface area contributed by atoms with Gasteiger partial charge in [-0.15, -0.1) is 0 Å². The molecule has 1 rings (SSSR count). The van der Waals surface area contributed by atoms with Gasteiger partial charge in [0, 0.05) is 26.8 Å². The van der Waals surface area contributed by atoms with Gasteiger partial charge in [-0.25, -0.2) is 0 Å². The molecular weight excluding hydrogens is 226 g/mol. The van der Waals surface area contributed by atoms with E-state index in [4.69, 9.17) is 4.74 Å². The van der Waals surface area contributed by atoms with Gasteiger partial charge >= 0.3 is 0 Å². The molecule has 0 spiro atoms. The summed E-state index contributed by atoms with van der Waals surface area (Å²) < 4.78 is 5.02. The second-order valence-electron chi connectivity index (χ2n) is 4.98. The normalized spacial score (nSPS) is 13.0. The largest absolute Gasteiger partial charge is 0.387 e. The molecule has 1 aromatic rings. The zero-order chi connectivity index (χ0) is 13.5. The molecule has 1 atom stereocenters. The Kier molecular flexibility index (Phi) is 6.33. The fraction of sp³-hybridized carbons (Fsp3) is 0.600. The van der Waals surface area contributed by atoms with Crippen LogP contribution < -0.4 is 0 Å². The van der Waals surface area contributed by atoms with Gasteiger partial charge in [0.2, 0.25) is 0 Å². The van der Waals surface area contributed by atoms with E-state index >= 15 is 0 Å². The Morgan fingerprint density at radius 2 is 2.06 bits per heavy atom. The molecule has 1 N–H and O–H groups in total. The highest BCUT2D eigenvalue weighted by Crippen LogP contribution is 2.19. The summed E-state index contributed by atoms with van der Waals surface area (Å²) in [5.41, 5.74) is 3.42. The standard InChI is InChI=1S/C15H25NO2/c1-12-6-7-14(13(2)10-12)15(17)11-16(3)8-5-9-18-4/h6-7,10,15,17H,5,8-9,11H2,1-4H3. The number of aliphatic hydroxyl groups is 1. The third kappa shape index (κ3) is 4.77. The van der Waals surface area contributed by atoms with Gasteiger partial charge in [-0.3, -0.25) is 0 Å². The van der Waals surface area contributed by atoms with E-state index in [0.29, 0.717) is 6.54 Å². The van der Waals surface area contributed by atoms with Crippen LogP contribution in [0.3, 0.4) is 0 Å². The number of rotatable bonds is 7. The molecule has 0 aliphatic rings. The van der Waals surface area contributed by atoms with Crippen LogP contribution in [0.1, 0.15) is 29.2 Å². The van der Waals surface area contributed by atoms with Gasteiger partial charge in [-0.2, -0.15) is 0 Å². The molecule has 0 aliphatic carbocycles. The van der Waals surface area contributed by atoms with Crippen molar-refractivity contribution in [2.75, 3.05) is 33.9 Å². The maximum Gasteiger partial charge on any atom is 0.0919 e. The summed E-state index contributed by atoms with van der Waals surface area (Å²) in [5.74, 6) is 0. The molecule has 3 heteroatoms. The number of hydrogen-bond acceptors (Lipinski definition) is 3. The molecule has 0 aromatic heterocycles. The van der Waals surface area contributed by atoms with Crippen molar-refractivity contribution in [2.24, 2.45) is 0 Å². The summed E-state index contributed by atoms with van der Waals surface area (Å²) in [4.78, 5) is 2.14. The molecule has 1 aromatic carbocycles. The Balaban J connectivity index is 2.51. The molecular formula is C15H25NO2. The minimum atomic E-state index is -0.418. The number of methoxy groups -OCH3 is 1. The number of ether oxygens (including phenoxy) is 1. The van der Waals surface area contributed by atoms with Crippen molar-refractivity contribution < 1.29 is 9.84 Å². The van der Waals surface area contributed by atoms with Crippen molar-refractivity contribution >= 4 is 0 Å². The van der Waals surface area contributed by atoms with Gasteiger partial charge < -0.3 is 14.7 Å². The fourth-order valence-electron chi connectivity index (χ4n) is 2.16. The van der Waals surface area contributed by atoms with Crippen LogP contribution in [0, 0.1) is 13.8 Å². The number of hydrogen-bond donors (Lipinski definition) is 1. The van der Waals surface area contributed by atoms with E-state index in [1.165, 1.54) is 5.56 Å². The predicted octanol–water partition coefficient (Wildman–Crippen LogP) is 2.31. The van der Waals surface area contributed by atoms with Crippen molar-refractivity contribution in [1.29, 1.82) is 0 Å². The Bertz CT molecular complexity index is 366. The van der Waals surface area contributed by atoms with E-state index in [1.807, 2.05) is 13.1 Å². The maximum absolute atomic E-state index is 10.2. The summed E-state index contributed by atoms with van der Waals surface area (Å²) in [5, 5.41) is 10.2. The smallest absolute Gasteiger partial charge is 0.0919 e. The number of nitrogens with zero attached hydrogens (tertiary/aromatic N) is 1. The molecule has 102 valence electrons. The van der Waals surface area contributed by atoms with Gasteiger partial charge in [0.05, 0.1) is 6.10 Å². The molecule has 0 fully saturated rings. The van der Waals surface area contributed by atoms with Crippen molar-refractivity contribution in [3.63, 3.8) is 0 Å². The highest BCUT2D eigenvalue weighted by atomic mass is 16.5. The molecule has 0 bridgehead atoms. The van der Waals surface area contributed by atoms with Crippen molar-refractivity contribution in [2.45, 2.75) is 26.4 Å².